The van der Waals surface area contributed by atoms with Gasteiger partial charge in [-0.1, -0.05) is 18.2 Å². The molecule has 6 nitrogen and oxygen atoms in total. The molecule has 4 aromatic rings. The van der Waals surface area contributed by atoms with E-state index in [9.17, 15) is 4.39 Å². The molecule has 0 radical (unpaired) electrons. The van der Waals surface area contributed by atoms with E-state index >= 15 is 0 Å². The van der Waals surface area contributed by atoms with E-state index < -0.39 is 0 Å². The van der Waals surface area contributed by atoms with Crippen LogP contribution in [0.3, 0.4) is 0 Å². The van der Waals surface area contributed by atoms with Crippen molar-refractivity contribution in [3.63, 3.8) is 0 Å². The number of hydrogen-bond donors (Lipinski definition) is 0. The summed E-state index contributed by atoms with van der Waals surface area (Å²) in [6, 6.07) is 18.4. The number of anilines is 1. The fraction of sp³-hybridized carbons (Fsp3) is 0.240. The van der Waals surface area contributed by atoms with Gasteiger partial charge in [0.25, 0.3) is 0 Å². The second-order valence-electron chi connectivity index (χ2n) is 7.85. The van der Waals surface area contributed by atoms with E-state index in [4.69, 9.17) is 4.74 Å². The Balaban J connectivity index is 1.20. The lowest BCUT2D eigenvalue weighted by Gasteiger charge is -2.35. The Bertz CT molecular complexity index is 1190. The molecule has 0 atom stereocenters. The molecular weight excluding hydrogens is 405 g/mol. The van der Waals surface area contributed by atoms with E-state index in [0.29, 0.717) is 5.88 Å². The molecule has 0 saturated carbocycles. The van der Waals surface area contributed by atoms with Crippen molar-refractivity contribution < 1.29 is 9.13 Å². The third-order valence-electron chi connectivity index (χ3n) is 5.77. The molecule has 2 aromatic heterocycles. The van der Waals surface area contributed by atoms with Crippen molar-refractivity contribution in [2.45, 2.75) is 6.42 Å². The molecule has 1 aliphatic heterocycles. The van der Waals surface area contributed by atoms with Crippen molar-refractivity contribution in [2.24, 2.45) is 0 Å². The first kappa shape index (κ1) is 20.3. The van der Waals surface area contributed by atoms with Crippen LogP contribution >= 0.6 is 0 Å². The van der Waals surface area contributed by atoms with Gasteiger partial charge in [-0.3, -0.25) is 9.88 Å². The van der Waals surface area contributed by atoms with E-state index in [0.717, 1.165) is 67.2 Å². The van der Waals surface area contributed by atoms with Crippen LogP contribution in [0.2, 0.25) is 0 Å². The average Bonchev–Trinajstić information content (AvgIpc) is 2.84. The van der Waals surface area contributed by atoms with Crippen molar-refractivity contribution in [3.05, 3.63) is 84.6 Å². The highest BCUT2D eigenvalue weighted by Gasteiger charge is 2.19. The number of hydrogen-bond acceptors (Lipinski definition) is 6. The maximum atomic E-state index is 13.1. The lowest BCUT2D eigenvalue weighted by Crippen LogP contribution is -2.47. The van der Waals surface area contributed by atoms with E-state index in [1.165, 1.54) is 12.1 Å². The molecule has 0 amide bonds. The standard InChI is InChI=1S/C25H24FN5O/c26-20-8-6-19(7-9-20)10-12-30-13-15-31(16-14-30)24-17-25(29-18-28-24)32-23-5-1-4-22-21(23)3-2-11-27-22/h1-9,11,17-18H,10,12-16H2. The molecule has 0 spiro atoms. The number of benzene rings is 2. The smallest absolute Gasteiger partial charge is 0.224 e. The second kappa shape index (κ2) is 9.28. The van der Waals surface area contributed by atoms with Gasteiger partial charge in [-0.05, 0) is 48.4 Å². The first-order valence-electron chi connectivity index (χ1n) is 10.8. The number of rotatable bonds is 6. The van der Waals surface area contributed by atoms with Crippen LogP contribution in [0, 0.1) is 5.82 Å². The van der Waals surface area contributed by atoms with E-state index in [2.05, 4.69) is 24.8 Å². The van der Waals surface area contributed by atoms with E-state index in [1.54, 1.807) is 12.5 Å². The molecule has 1 saturated heterocycles. The van der Waals surface area contributed by atoms with Gasteiger partial charge >= 0.3 is 0 Å². The van der Waals surface area contributed by atoms with Gasteiger partial charge in [-0.2, -0.15) is 0 Å². The van der Waals surface area contributed by atoms with Crippen molar-refractivity contribution in [2.75, 3.05) is 37.6 Å². The van der Waals surface area contributed by atoms with Gasteiger partial charge in [0, 0.05) is 50.4 Å². The van der Waals surface area contributed by atoms with Gasteiger partial charge in [-0.15, -0.1) is 0 Å². The fourth-order valence-electron chi connectivity index (χ4n) is 3.97. The first-order chi connectivity index (χ1) is 15.7. The molecule has 0 unspecified atom stereocenters. The van der Waals surface area contributed by atoms with Crippen molar-refractivity contribution in [3.8, 4) is 11.6 Å². The van der Waals surface area contributed by atoms with Gasteiger partial charge in [0.1, 0.15) is 23.7 Å². The van der Waals surface area contributed by atoms with Crippen LogP contribution in [-0.2, 0) is 6.42 Å². The van der Waals surface area contributed by atoms with E-state index in [-0.39, 0.29) is 5.82 Å². The third kappa shape index (κ3) is 4.68. The summed E-state index contributed by atoms with van der Waals surface area (Å²) in [5.41, 5.74) is 2.05. The summed E-state index contributed by atoms with van der Waals surface area (Å²) in [7, 11) is 0. The summed E-state index contributed by atoms with van der Waals surface area (Å²) < 4.78 is 19.2. The maximum Gasteiger partial charge on any atom is 0.224 e. The number of aromatic nitrogens is 3. The molecule has 162 valence electrons. The highest BCUT2D eigenvalue weighted by Crippen LogP contribution is 2.29. The Kier molecular flexibility index (Phi) is 5.89. The topological polar surface area (TPSA) is 54.4 Å². The minimum atomic E-state index is -0.187. The number of fused-ring (bicyclic) bond motifs is 1. The average molecular weight is 429 g/mol. The zero-order chi connectivity index (χ0) is 21.8. The predicted octanol–water partition coefficient (Wildman–Crippen LogP) is 4.32. The van der Waals surface area contributed by atoms with Crippen molar-refractivity contribution in [1.29, 1.82) is 0 Å². The Morgan fingerprint density at radius 3 is 2.56 bits per heavy atom. The van der Waals surface area contributed by atoms with Crippen LogP contribution in [0.4, 0.5) is 10.2 Å². The van der Waals surface area contributed by atoms with Gasteiger partial charge in [0.05, 0.1) is 5.52 Å². The lowest BCUT2D eigenvalue weighted by molar-refractivity contribution is 0.260. The summed E-state index contributed by atoms with van der Waals surface area (Å²) in [6.45, 7) is 4.65. The lowest BCUT2D eigenvalue weighted by atomic mass is 10.1. The molecule has 32 heavy (non-hydrogen) atoms. The molecule has 0 N–H and O–H groups in total. The summed E-state index contributed by atoms with van der Waals surface area (Å²) >= 11 is 0. The van der Waals surface area contributed by atoms with Crippen LogP contribution in [0.5, 0.6) is 11.6 Å². The summed E-state index contributed by atoms with van der Waals surface area (Å²) in [6.07, 6.45) is 4.24. The van der Waals surface area contributed by atoms with Gasteiger partial charge in [0.2, 0.25) is 5.88 Å². The quantitative estimate of drug-likeness (QED) is 0.455. The minimum absolute atomic E-state index is 0.187. The molecule has 0 aliphatic carbocycles. The number of pyridine rings is 1. The number of nitrogens with zero attached hydrogens (tertiary/aromatic N) is 5. The van der Waals surface area contributed by atoms with Crippen LogP contribution in [-0.4, -0.2) is 52.6 Å². The van der Waals surface area contributed by atoms with E-state index in [1.807, 2.05) is 48.5 Å². The maximum absolute atomic E-state index is 13.1. The van der Waals surface area contributed by atoms with Crippen LogP contribution in [0.1, 0.15) is 5.56 Å². The normalized spacial score (nSPS) is 14.6. The zero-order valence-electron chi connectivity index (χ0n) is 17.7. The van der Waals surface area contributed by atoms with Gasteiger partial charge in [0.15, 0.2) is 0 Å². The first-order valence-corrected chi connectivity index (χ1v) is 10.8. The monoisotopic (exact) mass is 429 g/mol. The molecule has 2 aromatic carbocycles. The molecule has 1 aliphatic rings. The molecular formula is C25H24FN5O. The van der Waals surface area contributed by atoms with Gasteiger partial charge < -0.3 is 9.64 Å². The SMILES string of the molecule is Fc1ccc(CCN2CCN(c3cc(Oc4cccc5ncccc45)ncn3)CC2)cc1. The Morgan fingerprint density at radius 2 is 1.72 bits per heavy atom. The number of piperazine rings is 1. The van der Waals surface area contributed by atoms with Crippen molar-refractivity contribution >= 4 is 16.7 Å². The van der Waals surface area contributed by atoms with Crippen LogP contribution < -0.4 is 9.64 Å². The summed E-state index contributed by atoms with van der Waals surface area (Å²) in [5.74, 6) is 1.93. The number of halogens is 1. The summed E-state index contributed by atoms with van der Waals surface area (Å²) in [5, 5.41) is 0.949. The molecule has 1 fully saturated rings. The van der Waals surface area contributed by atoms with Crippen LogP contribution in [0.25, 0.3) is 10.9 Å². The highest BCUT2D eigenvalue weighted by atomic mass is 19.1. The third-order valence-corrected chi connectivity index (χ3v) is 5.77. The Labute approximate surface area is 186 Å². The Morgan fingerprint density at radius 1 is 0.875 bits per heavy atom. The van der Waals surface area contributed by atoms with Crippen molar-refractivity contribution in [1.82, 2.24) is 19.9 Å². The largest absolute Gasteiger partial charge is 0.438 e. The summed E-state index contributed by atoms with van der Waals surface area (Å²) in [4.78, 5) is 17.8. The Hall–Kier alpha value is -3.58. The fourth-order valence-corrected chi connectivity index (χ4v) is 3.97. The molecule has 5 rings (SSSR count). The van der Waals surface area contributed by atoms with Gasteiger partial charge in [-0.25, -0.2) is 14.4 Å². The zero-order valence-corrected chi connectivity index (χ0v) is 17.7. The molecule has 0 bridgehead atoms. The highest BCUT2D eigenvalue weighted by molar-refractivity contribution is 5.85. The minimum Gasteiger partial charge on any atom is -0.438 e. The predicted molar refractivity (Wildman–Crippen MR) is 123 cm³/mol. The van der Waals surface area contributed by atoms with Crippen LogP contribution in [0.15, 0.2) is 73.2 Å². The number of ether oxygens (including phenoxy) is 1. The molecule has 7 heteroatoms. The second-order valence-corrected chi connectivity index (χ2v) is 7.85. The molecule has 3 heterocycles.